The molecular weight excluding hydrogens is 252 g/mol. The van der Waals surface area contributed by atoms with E-state index in [1.54, 1.807) is 19.1 Å². The molecule has 0 aliphatic rings. The number of benzene rings is 2. The summed E-state index contributed by atoms with van der Waals surface area (Å²) in [5.41, 5.74) is 3.02. The van der Waals surface area contributed by atoms with Crippen molar-refractivity contribution in [3.8, 4) is 0 Å². The van der Waals surface area contributed by atoms with Crippen LogP contribution in [0.4, 0.5) is 11.4 Å². The lowest BCUT2D eigenvalue weighted by atomic mass is 10.0. The molecule has 0 fully saturated rings. The van der Waals surface area contributed by atoms with Crippen LogP contribution in [0.15, 0.2) is 48.5 Å². The Balaban J connectivity index is 2.01. The first kappa shape index (κ1) is 14.1. The molecule has 20 heavy (non-hydrogen) atoms. The molecule has 0 bridgehead atoms. The minimum Gasteiger partial charge on any atom is -0.384 e. The number of nitrogens with zero attached hydrogens (tertiary/aromatic N) is 1. The third-order valence-corrected chi connectivity index (χ3v) is 3.37. The van der Waals surface area contributed by atoms with Crippen molar-refractivity contribution in [2.45, 2.75) is 19.8 Å². The van der Waals surface area contributed by atoms with Gasteiger partial charge in [0, 0.05) is 23.9 Å². The molecule has 2 aromatic carbocycles. The predicted octanol–water partition coefficient (Wildman–Crippen LogP) is 4.12. The molecule has 1 N–H and O–H groups in total. The number of nitrogens with one attached hydrogen (secondary N) is 1. The van der Waals surface area contributed by atoms with Crippen LogP contribution in [0.3, 0.4) is 0 Å². The smallest absolute Gasteiger partial charge is 0.272 e. The Morgan fingerprint density at radius 3 is 2.50 bits per heavy atom. The summed E-state index contributed by atoms with van der Waals surface area (Å²) in [6.45, 7) is 4.70. The van der Waals surface area contributed by atoms with Gasteiger partial charge < -0.3 is 5.32 Å². The molecule has 104 valence electrons. The first-order valence-corrected chi connectivity index (χ1v) is 6.62. The molecule has 0 amide bonds. The van der Waals surface area contributed by atoms with E-state index in [0.29, 0.717) is 11.5 Å². The van der Waals surface area contributed by atoms with E-state index in [-0.39, 0.29) is 10.6 Å². The molecule has 0 aromatic heterocycles. The summed E-state index contributed by atoms with van der Waals surface area (Å²) in [7, 11) is 0. The maximum Gasteiger partial charge on any atom is 0.272 e. The zero-order valence-electron chi connectivity index (χ0n) is 11.7. The fourth-order valence-electron chi connectivity index (χ4n) is 2.14. The highest BCUT2D eigenvalue weighted by Gasteiger charge is 2.10. The molecule has 2 aromatic rings. The zero-order valence-corrected chi connectivity index (χ0v) is 11.7. The van der Waals surface area contributed by atoms with Crippen LogP contribution in [0.2, 0.25) is 0 Å². The van der Waals surface area contributed by atoms with Crippen molar-refractivity contribution in [2.24, 2.45) is 0 Å². The van der Waals surface area contributed by atoms with E-state index in [1.165, 1.54) is 5.56 Å². The van der Waals surface area contributed by atoms with Gasteiger partial charge in [-0.05, 0) is 30.5 Å². The number of nitro benzene ring substituents is 1. The van der Waals surface area contributed by atoms with Crippen LogP contribution in [0.25, 0.3) is 0 Å². The molecule has 0 saturated heterocycles. The summed E-state index contributed by atoms with van der Waals surface area (Å²) in [4.78, 5) is 10.4. The molecule has 0 heterocycles. The molecule has 4 nitrogen and oxygen atoms in total. The number of nitro groups is 1. The van der Waals surface area contributed by atoms with Gasteiger partial charge in [0.05, 0.1) is 4.92 Å². The van der Waals surface area contributed by atoms with Crippen LogP contribution < -0.4 is 5.32 Å². The van der Waals surface area contributed by atoms with E-state index in [9.17, 15) is 10.1 Å². The summed E-state index contributed by atoms with van der Waals surface area (Å²) in [6, 6.07) is 15.4. The summed E-state index contributed by atoms with van der Waals surface area (Å²) in [5, 5.41) is 14.1. The van der Waals surface area contributed by atoms with Crippen LogP contribution >= 0.6 is 0 Å². The van der Waals surface area contributed by atoms with E-state index in [2.05, 4.69) is 24.4 Å². The fourth-order valence-corrected chi connectivity index (χ4v) is 2.14. The van der Waals surface area contributed by atoms with Crippen molar-refractivity contribution in [1.82, 2.24) is 0 Å². The second kappa shape index (κ2) is 6.19. The number of aryl methyl sites for hydroxylation is 1. The minimum atomic E-state index is -0.355. The van der Waals surface area contributed by atoms with Crippen molar-refractivity contribution in [3.63, 3.8) is 0 Å². The average Bonchev–Trinajstić information content (AvgIpc) is 2.45. The zero-order chi connectivity index (χ0) is 14.5. The van der Waals surface area contributed by atoms with Gasteiger partial charge in [-0.2, -0.15) is 0 Å². The number of hydrogen-bond donors (Lipinski definition) is 1. The van der Waals surface area contributed by atoms with Crippen LogP contribution in [-0.4, -0.2) is 11.5 Å². The van der Waals surface area contributed by atoms with E-state index in [0.717, 1.165) is 12.2 Å². The number of hydrogen-bond acceptors (Lipinski definition) is 3. The van der Waals surface area contributed by atoms with E-state index >= 15 is 0 Å². The lowest BCUT2D eigenvalue weighted by Gasteiger charge is -2.14. The highest BCUT2D eigenvalue weighted by atomic mass is 16.6. The molecule has 2 rings (SSSR count). The molecular formula is C16H18N2O2. The fraction of sp³-hybridized carbons (Fsp3) is 0.250. The van der Waals surface area contributed by atoms with Gasteiger partial charge in [0.25, 0.3) is 5.69 Å². The highest BCUT2D eigenvalue weighted by molar-refractivity contribution is 5.53. The van der Waals surface area contributed by atoms with Gasteiger partial charge in [0.15, 0.2) is 0 Å². The molecule has 0 radical (unpaired) electrons. The van der Waals surface area contributed by atoms with Crippen molar-refractivity contribution in [2.75, 3.05) is 11.9 Å². The minimum absolute atomic E-state index is 0.159. The number of anilines is 1. The van der Waals surface area contributed by atoms with Gasteiger partial charge in [0.2, 0.25) is 0 Å². The Morgan fingerprint density at radius 1 is 1.20 bits per heavy atom. The van der Waals surface area contributed by atoms with E-state index in [4.69, 9.17) is 0 Å². The van der Waals surface area contributed by atoms with Crippen molar-refractivity contribution in [1.29, 1.82) is 0 Å². The predicted molar refractivity (Wildman–Crippen MR) is 81.2 cm³/mol. The summed E-state index contributed by atoms with van der Waals surface area (Å²) in [5.74, 6) is 0.381. The van der Waals surface area contributed by atoms with Crippen molar-refractivity contribution >= 4 is 11.4 Å². The van der Waals surface area contributed by atoms with Crippen molar-refractivity contribution in [3.05, 3.63) is 69.8 Å². The average molecular weight is 270 g/mol. The van der Waals surface area contributed by atoms with Crippen molar-refractivity contribution < 1.29 is 4.92 Å². The summed E-state index contributed by atoms with van der Waals surface area (Å²) >= 11 is 0. The Kier molecular flexibility index (Phi) is 4.35. The third kappa shape index (κ3) is 3.35. The van der Waals surface area contributed by atoms with E-state index in [1.807, 2.05) is 24.3 Å². The maximum absolute atomic E-state index is 10.8. The first-order valence-electron chi connectivity index (χ1n) is 6.62. The van der Waals surface area contributed by atoms with Gasteiger partial charge in [-0.3, -0.25) is 10.1 Å². The van der Waals surface area contributed by atoms with Gasteiger partial charge >= 0.3 is 0 Å². The maximum atomic E-state index is 10.8. The number of rotatable bonds is 5. The second-order valence-electron chi connectivity index (χ2n) is 4.95. The van der Waals surface area contributed by atoms with Gasteiger partial charge in [-0.15, -0.1) is 0 Å². The molecule has 0 aliphatic heterocycles. The highest BCUT2D eigenvalue weighted by Crippen LogP contribution is 2.22. The van der Waals surface area contributed by atoms with Gasteiger partial charge in [0.1, 0.15) is 0 Å². The molecule has 1 atom stereocenters. The lowest BCUT2D eigenvalue weighted by Crippen LogP contribution is -2.10. The quantitative estimate of drug-likeness (QED) is 0.656. The molecule has 0 spiro atoms. The molecule has 0 saturated carbocycles. The summed E-state index contributed by atoms with van der Waals surface area (Å²) < 4.78 is 0. The second-order valence-corrected chi connectivity index (χ2v) is 4.95. The standard InChI is InChI=1S/C16H18N2O2/c1-12-10-15(8-9-16(12)18(19)20)17-11-13(2)14-6-4-3-5-7-14/h3-10,13,17H,11H2,1-2H3. The van der Waals surface area contributed by atoms with Crippen LogP contribution in [0.5, 0.6) is 0 Å². The topological polar surface area (TPSA) is 55.2 Å². The molecule has 0 aliphatic carbocycles. The normalized spacial score (nSPS) is 11.9. The van der Waals surface area contributed by atoms with Crippen LogP contribution in [0.1, 0.15) is 24.0 Å². The third-order valence-electron chi connectivity index (χ3n) is 3.37. The Labute approximate surface area is 118 Å². The Bertz CT molecular complexity index is 597. The van der Waals surface area contributed by atoms with E-state index < -0.39 is 0 Å². The van der Waals surface area contributed by atoms with Crippen LogP contribution in [-0.2, 0) is 0 Å². The Hall–Kier alpha value is -2.36. The monoisotopic (exact) mass is 270 g/mol. The largest absolute Gasteiger partial charge is 0.384 e. The SMILES string of the molecule is Cc1cc(NCC(C)c2ccccc2)ccc1[N+](=O)[O-]. The van der Waals surface area contributed by atoms with Crippen LogP contribution in [0, 0.1) is 17.0 Å². The molecule has 1 unspecified atom stereocenters. The van der Waals surface area contributed by atoms with Gasteiger partial charge in [-0.1, -0.05) is 37.3 Å². The summed E-state index contributed by atoms with van der Waals surface area (Å²) in [6.07, 6.45) is 0. The Morgan fingerprint density at radius 2 is 1.90 bits per heavy atom. The van der Waals surface area contributed by atoms with Gasteiger partial charge in [-0.25, -0.2) is 0 Å². The molecule has 4 heteroatoms. The lowest BCUT2D eigenvalue weighted by molar-refractivity contribution is -0.385. The first-order chi connectivity index (χ1) is 9.58.